The maximum Gasteiger partial charge on any atom is 0.707 e. The Morgan fingerprint density at radius 2 is 1.73 bits per heavy atom. The number of hydrogen-bond donors (Lipinski definition) is 2. The molecule has 2 N–H and O–H groups in total. The molecule has 0 amide bonds. The lowest BCUT2D eigenvalue weighted by Gasteiger charge is -2.02. The van der Waals surface area contributed by atoms with Gasteiger partial charge in [0.15, 0.2) is 0 Å². The van der Waals surface area contributed by atoms with E-state index in [1.807, 2.05) is 0 Å². The Morgan fingerprint density at radius 3 is 2.18 bits per heavy atom. The highest BCUT2D eigenvalue weighted by Crippen LogP contribution is 2.15. The van der Waals surface area contributed by atoms with Crippen LogP contribution in [0, 0.1) is 0 Å². The van der Waals surface area contributed by atoms with Gasteiger partial charge >= 0.3 is 7.32 Å². The van der Waals surface area contributed by atoms with Crippen LogP contribution in [0.25, 0.3) is 0 Å². The van der Waals surface area contributed by atoms with E-state index in [4.69, 9.17) is 10.0 Å². The van der Waals surface area contributed by atoms with Crippen molar-refractivity contribution in [3.63, 3.8) is 0 Å². The SMILES string of the molecule is OB(O)Oc1ccc(Br)cc1. The van der Waals surface area contributed by atoms with Gasteiger partial charge in [0.2, 0.25) is 0 Å². The van der Waals surface area contributed by atoms with Crippen LogP contribution in [0.15, 0.2) is 28.7 Å². The molecule has 0 atom stereocenters. The first-order chi connectivity index (χ1) is 5.18. The Labute approximate surface area is 72.9 Å². The minimum atomic E-state index is -1.75. The molecule has 0 aromatic heterocycles. The molecular formula is C6H6BBrO3. The van der Waals surface area contributed by atoms with Crippen molar-refractivity contribution in [1.29, 1.82) is 0 Å². The molecular weight excluding hydrogens is 211 g/mol. The van der Waals surface area contributed by atoms with Gasteiger partial charge in [-0.05, 0) is 24.3 Å². The van der Waals surface area contributed by atoms with E-state index >= 15 is 0 Å². The van der Waals surface area contributed by atoms with E-state index in [-0.39, 0.29) is 0 Å². The molecule has 0 fully saturated rings. The predicted molar refractivity (Wildman–Crippen MR) is 45.0 cm³/mol. The zero-order valence-electron chi connectivity index (χ0n) is 5.57. The van der Waals surface area contributed by atoms with Crippen LogP contribution in [0.2, 0.25) is 0 Å². The minimum absolute atomic E-state index is 0.420. The van der Waals surface area contributed by atoms with E-state index in [2.05, 4.69) is 20.6 Å². The Hall–Kier alpha value is -0.515. The van der Waals surface area contributed by atoms with Gasteiger partial charge < -0.3 is 14.7 Å². The van der Waals surface area contributed by atoms with Crippen molar-refractivity contribution in [2.45, 2.75) is 0 Å². The monoisotopic (exact) mass is 216 g/mol. The summed E-state index contributed by atoms with van der Waals surface area (Å²) < 4.78 is 5.47. The second-order valence-corrected chi connectivity index (χ2v) is 2.81. The number of hydrogen-bond acceptors (Lipinski definition) is 3. The van der Waals surface area contributed by atoms with E-state index < -0.39 is 7.32 Å². The molecule has 0 aliphatic rings. The summed E-state index contributed by atoms with van der Waals surface area (Å²) in [7, 11) is -1.75. The van der Waals surface area contributed by atoms with Crippen LogP contribution in [-0.4, -0.2) is 17.4 Å². The lowest BCUT2D eigenvalue weighted by molar-refractivity contribution is 0.288. The van der Waals surface area contributed by atoms with Gasteiger partial charge in [0.05, 0.1) is 0 Å². The topological polar surface area (TPSA) is 49.7 Å². The van der Waals surface area contributed by atoms with Crippen LogP contribution in [0.5, 0.6) is 5.75 Å². The molecule has 0 bridgehead atoms. The van der Waals surface area contributed by atoms with Crippen LogP contribution >= 0.6 is 15.9 Å². The quantitative estimate of drug-likeness (QED) is 0.720. The van der Waals surface area contributed by atoms with Gasteiger partial charge in [0.1, 0.15) is 5.75 Å². The molecule has 1 aromatic rings. The van der Waals surface area contributed by atoms with Gasteiger partial charge in [0.25, 0.3) is 0 Å². The molecule has 0 saturated heterocycles. The van der Waals surface area contributed by atoms with Gasteiger partial charge in [0, 0.05) is 4.47 Å². The van der Waals surface area contributed by atoms with Crippen LogP contribution in [-0.2, 0) is 0 Å². The molecule has 0 aliphatic carbocycles. The molecule has 0 saturated carbocycles. The van der Waals surface area contributed by atoms with Crippen molar-refractivity contribution in [3.8, 4) is 5.75 Å². The third-order valence-corrected chi connectivity index (χ3v) is 1.58. The predicted octanol–water partition coefficient (Wildman–Crippen LogP) is 0.797. The molecule has 0 spiro atoms. The zero-order valence-corrected chi connectivity index (χ0v) is 7.15. The second kappa shape index (κ2) is 3.76. The fourth-order valence-corrected chi connectivity index (χ4v) is 0.899. The van der Waals surface area contributed by atoms with Crippen molar-refractivity contribution >= 4 is 23.3 Å². The smallest absolute Gasteiger partial charge is 0.512 e. The van der Waals surface area contributed by atoms with Crippen molar-refractivity contribution < 1.29 is 14.7 Å². The van der Waals surface area contributed by atoms with E-state index in [9.17, 15) is 0 Å². The zero-order chi connectivity index (χ0) is 8.27. The molecule has 3 nitrogen and oxygen atoms in total. The lowest BCUT2D eigenvalue weighted by atomic mass is 10.2. The Morgan fingerprint density at radius 1 is 1.18 bits per heavy atom. The van der Waals surface area contributed by atoms with Crippen LogP contribution in [0.3, 0.4) is 0 Å². The van der Waals surface area contributed by atoms with E-state index in [0.29, 0.717) is 5.75 Å². The summed E-state index contributed by atoms with van der Waals surface area (Å²) in [5.41, 5.74) is 0. The first kappa shape index (κ1) is 8.58. The number of halogens is 1. The van der Waals surface area contributed by atoms with Crippen molar-refractivity contribution in [3.05, 3.63) is 28.7 Å². The van der Waals surface area contributed by atoms with Gasteiger partial charge in [-0.15, -0.1) is 0 Å². The molecule has 0 heterocycles. The molecule has 5 heteroatoms. The molecule has 1 aromatic carbocycles. The lowest BCUT2D eigenvalue weighted by Crippen LogP contribution is -2.20. The van der Waals surface area contributed by atoms with Crippen molar-refractivity contribution in [2.24, 2.45) is 0 Å². The molecule has 0 radical (unpaired) electrons. The highest BCUT2D eigenvalue weighted by Gasteiger charge is 2.09. The summed E-state index contributed by atoms with van der Waals surface area (Å²) in [6.07, 6.45) is 0. The summed E-state index contributed by atoms with van der Waals surface area (Å²) in [4.78, 5) is 0. The Bertz CT molecular complexity index is 224. The van der Waals surface area contributed by atoms with E-state index in [1.165, 1.54) is 0 Å². The molecule has 0 unspecified atom stereocenters. The molecule has 58 valence electrons. The Balaban J connectivity index is 2.66. The van der Waals surface area contributed by atoms with Crippen molar-refractivity contribution in [2.75, 3.05) is 0 Å². The van der Waals surface area contributed by atoms with Crippen LogP contribution < -0.4 is 4.65 Å². The first-order valence-corrected chi connectivity index (χ1v) is 3.76. The first-order valence-electron chi connectivity index (χ1n) is 2.97. The Kier molecular flexibility index (Phi) is 2.93. The summed E-state index contributed by atoms with van der Waals surface area (Å²) >= 11 is 3.23. The van der Waals surface area contributed by atoms with Gasteiger partial charge in [-0.1, -0.05) is 15.9 Å². The second-order valence-electron chi connectivity index (χ2n) is 1.90. The average molecular weight is 217 g/mol. The van der Waals surface area contributed by atoms with Crippen molar-refractivity contribution in [1.82, 2.24) is 0 Å². The highest BCUT2D eigenvalue weighted by atomic mass is 79.9. The normalized spacial score (nSPS) is 9.36. The minimum Gasteiger partial charge on any atom is -0.512 e. The maximum atomic E-state index is 8.40. The van der Waals surface area contributed by atoms with E-state index in [0.717, 1.165) is 4.47 Å². The molecule has 1 rings (SSSR count). The summed E-state index contributed by atoms with van der Waals surface area (Å²) in [6.45, 7) is 0. The average Bonchev–Trinajstić information content (AvgIpc) is 1.93. The van der Waals surface area contributed by atoms with Crippen LogP contribution in [0.4, 0.5) is 0 Å². The largest absolute Gasteiger partial charge is 0.707 e. The fraction of sp³-hybridized carbons (Fsp3) is 0. The summed E-state index contributed by atoms with van der Waals surface area (Å²) in [5, 5.41) is 16.8. The standard InChI is InChI=1S/C6H6BBrO3/c8-5-1-3-6(4-2-5)11-7(9)10/h1-4,9-10H. The highest BCUT2D eigenvalue weighted by molar-refractivity contribution is 9.10. The third kappa shape index (κ3) is 2.92. The molecule has 11 heavy (non-hydrogen) atoms. The summed E-state index contributed by atoms with van der Waals surface area (Å²) in [6, 6.07) is 6.75. The van der Waals surface area contributed by atoms with Gasteiger partial charge in [-0.3, -0.25) is 0 Å². The maximum absolute atomic E-state index is 8.40. The summed E-state index contributed by atoms with van der Waals surface area (Å²) in [5.74, 6) is 0.420. The number of rotatable bonds is 2. The van der Waals surface area contributed by atoms with Crippen LogP contribution in [0.1, 0.15) is 0 Å². The van der Waals surface area contributed by atoms with Gasteiger partial charge in [-0.25, -0.2) is 0 Å². The number of benzene rings is 1. The van der Waals surface area contributed by atoms with Gasteiger partial charge in [-0.2, -0.15) is 0 Å². The fourth-order valence-electron chi connectivity index (χ4n) is 0.635. The van der Waals surface area contributed by atoms with E-state index in [1.54, 1.807) is 24.3 Å². The third-order valence-electron chi connectivity index (χ3n) is 1.06. The molecule has 0 aliphatic heterocycles.